The van der Waals surface area contributed by atoms with Crippen molar-refractivity contribution in [2.24, 2.45) is 0 Å². The van der Waals surface area contributed by atoms with E-state index in [4.69, 9.17) is 0 Å². The molecule has 0 nitrogen and oxygen atoms in total. The molecule has 0 radical (unpaired) electrons. The van der Waals surface area contributed by atoms with Gasteiger partial charge in [0, 0.05) is 0 Å². The van der Waals surface area contributed by atoms with Crippen molar-refractivity contribution in [2.75, 3.05) is 0 Å². The van der Waals surface area contributed by atoms with Crippen molar-refractivity contribution >= 4 is 23.1 Å². The first-order valence-electron chi connectivity index (χ1n) is 5.97. The minimum Gasteiger partial charge on any atom is -1.00 e. The van der Waals surface area contributed by atoms with Crippen molar-refractivity contribution in [2.45, 2.75) is 58.5 Å². The number of hydrogen-bond acceptors (Lipinski definition) is 0. The molecule has 20 heavy (non-hydrogen) atoms. The van der Waals surface area contributed by atoms with Crippen LogP contribution in [0, 0.1) is 6.07 Å². The standard InChI is InChI=1S/C15H20F3.BrH.Mg/c1-13(2,3)10-7-8-11(15(16,17)18)12(9-10)14(4,5)6;;/h7,9H,1-6H3;1H;/q-1;;+2/p-1. The minimum atomic E-state index is -4.35. The Morgan fingerprint density at radius 2 is 1.35 bits per heavy atom. The Morgan fingerprint density at radius 1 is 0.900 bits per heavy atom. The van der Waals surface area contributed by atoms with Crippen molar-refractivity contribution < 1.29 is 30.2 Å². The van der Waals surface area contributed by atoms with Crippen LogP contribution >= 0.6 is 0 Å². The van der Waals surface area contributed by atoms with Crippen molar-refractivity contribution in [3.8, 4) is 0 Å². The zero-order chi connectivity index (χ0) is 14.4. The zero-order valence-electron chi connectivity index (χ0n) is 12.9. The van der Waals surface area contributed by atoms with Gasteiger partial charge < -0.3 is 17.0 Å². The second-order valence-corrected chi connectivity index (χ2v) is 6.67. The van der Waals surface area contributed by atoms with E-state index in [2.05, 4.69) is 6.07 Å². The molecule has 0 saturated carbocycles. The summed E-state index contributed by atoms with van der Waals surface area (Å²) in [4.78, 5) is 0. The topological polar surface area (TPSA) is 0 Å². The second kappa shape index (κ2) is 7.01. The van der Waals surface area contributed by atoms with Gasteiger partial charge in [-0.25, -0.2) is 0 Å². The van der Waals surface area contributed by atoms with Crippen LogP contribution in [0.4, 0.5) is 13.2 Å². The molecule has 0 saturated heterocycles. The molecule has 0 aromatic heterocycles. The van der Waals surface area contributed by atoms with Crippen LogP contribution in [-0.2, 0) is 17.0 Å². The summed E-state index contributed by atoms with van der Waals surface area (Å²) in [5.74, 6) is 0. The summed E-state index contributed by atoms with van der Waals surface area (Å²) in [6, 6.07) is 5.56. The van der Waals surface area contributed by atoms with Gasteiger partial charge in [-0.05, 0) is 0 Å². The van der Waals surface area contributed by atoms with Gasteiger partial charge in [-0.15, -0.1) is 5.56 Å². The van der Waals surface area contributed by atoms with E-state index in [9.17, 15) is 13.2 Å². The maximum absolute atomic E-state index is 13.0. The van der Waals surface area contributed by atoms with Crippen molar-refractivity contribution in [3.63, 3.8) is 0 Å². The fourth-order valence-corrected chi connectivity index (χ4v) is 1.76. The van der Waals surface area contributed by atoms with Crippen LogP contribution in [0.5, 0.6) is 0 Å². The van der Waals surface area contributed by atoms with Crippen LogP contribution in [0.2, 0.25) is 0 Å². The fourth-order valence-electron chi connectivity index (χ4n) is 1.76. The first-order chi connectivity index (χ1) is 7.83. The largest absolute Gasteiger partial charge is 2.00 e. The Kier molecular flexibility index (Phi) is 7.90. The average molecular weight is 362 g/mol. The van der Waals surface area contributed by atoms with Crippen LogP contribution in [0.3, 0.4) is 0 Å². The monoisotopic (exact) mass is 360 g/mol. The average Bonchev–Trinajstić information content (AvgIpc) is 2.12. The van der Waals surface area contributed by atoms with Crippen LogP contribution < -0.4 is 17.0 Å². The van der Waals surface area contributed by atoms with Gasteiger partial charge >= 0.3 is 29.2 Å². The third-order valence-corrected chi connectivity index (χ3v) is 2.90. The Bertz CT molecular complexity index is 440. The molecule has 0 aliphatic rings. The third-order valence-electron chi connectivity index (χ3n) is 2.90. The molecule has 0 unspecified atom stereocenters. The number of halogens is 4. The molecule has 0 spiro atoms. The van der Waals surface area contributed by atoms with Gasteiger partial charge in [-0.1, -0.05) is 57.9 Å². The molecule has 1 aromatic carbocycles. The molecule has 0 atom stereocenters. The van der Waals surface area contributed by atoms with Gasteiger partial charge in [0.25, 0.3) is 0 Å². The molecule has 0 aliphatic heterocycles. The van der Waals surface area contributed by atoms with Crippen LogP contribution in [0.25, 0.3) is 0 Å². The Balaban J connectivity index is 0. The second-order valence-electron chi connectivity index (χ2n) is 6.67. The fraction of sp³-hybridized carbons (Fsp3) is 0.600. The molecule has 0 N–H and O–H groups in total. The van der Waals surface area contributed by atoms with Gasteiger partial charge in [0.1, 0.15) is 0 Å². The van der Waals surface area contributed by atoms with Crippen molar-refractivity contribution in [3.05, 3.63) is 34.9 Å². The molecule has 0 amide bonds. The molecular formula is C15H20BrF3Mg. The predicted molar refractivity (Wildman–Crippen MR) is 73.4 cm³/mol. The molecule has 1 aromatic rings. The Morgan fingerprint density at radius 3 is 1.65 bits per heavy atom. The molecule has 0 bridgehead atoms. The van der Waals surface area contributed by atoms with E-state index in [-0.39, 0.29) is 45.4 Å². The predicted octanol–water partition coefficient (Wildman–Crippen LogP) is 1.72. The van der Waals surface area contributed by atoms with Crippen LogP contribution in [0.1, 0.15) is 58.2 Å². The maximum Gasteiger partial charge on any atom is 2.00 e. The zero-order valence-corrected chi connectivity index (χ0v) is 15.9. The Labute approximate surface area is 146 Å². The molecule has 0 aliphatic carbocycles. The van der Waals surface area contributed by atoms with E-state index in [0.29, 0.717) is 5.56 Å². The molecule has 0 heterocycles. The van der Waals surface area contributed by atoms with E-state index in [1.54, 1.807) is 26.8 Å². The summed E-state index contributed by atoms with van der Waals surface area (Å²) in [7, 11) is 0. The summed E-state index contributed by atoms with van der Waals surface area (Å²) >= 11 is 0. The molecular weight excluding hydrogens is 341 g/mol. The van der Waals surface area contributed by atoms with E-state index < -0.39 is 17.2 Å². The van der Waals surface area contributed by atoms with Crippen LogP contribution in [-0.4, -0.2) is 23.1 Å². The van der Waals surface area contributed by atoms with E-state index in [1.165, 1.54) is 6.07 Å². The first kappa shape index (κ1) is 22.5. The van der Waals surface area contributed by atoms with Gasteiger partial charge in [0.2, 0.25) is 0 Å². The normalized spacial score (nSPS) is 12.4. The van der Waals surface area contributed by atoms with E-state index >= 15 is 0 Å². The maximum atomic E-state index is 13.0. The van der Waals surface area contributed by atoms with Gasteiger partial charge in [-0.2, -0.15) is 36.9 Å². The number of benzene rings is 1. The molecule has 5 heteroatoms. The summed E-state index contributed by atoms with van der Waals surface area (Å²) in [5, 5.41) is 0. The number of hydrogen-bond donors (Lipinski definition) is 0. The SMILES string of the molecule is CC(C)(C)c1c[c-]c(C(F)(F)F)c(C(C)(C)C)c1.[Br-].[Mg+2]. The van der Waals surface area contributed by atoms with E-state index in [1.807, 2.05) is 20.8 Å². The van der Waals surface area contributed by atoms with Gasteiger partial charge in [-0.3, -0.25) is 0 Å². The number of alkyl halides is 3. The number of rotatable bonds is 0. The summed E-state index contributed by atoms with van der Waals surface area (Å²) in [6.07, 6.45) is -4.35. The van der Waals surface area contributed by atoms with Crippen LogP contribution in [0.15, 0.2) is 12.1 Å². The van der Waals surface area contributed by atoms with Gasteiger partial charge in [0.15, 0.2) is 0 Å². The smallest absolute Gasteiger partial charge is 1.00 e. The molecule has 1 rings (SSSR count). The summed E-state index contributed by atoms with van der Waals surface area (Å²) in [5.41, 5.74) is -0.200. The Hall–Kier alpha value is 0.256. The van der Waals surface area contributed by atoms with Crippen molar-refractivity contribution in [1.82, 2.24) is 0 Å². The summed E-state index contributed by atoms with van der Waals surface area (Å²) < 4.78 is 38.9. The first-order valence-corrected chi connectivity index (χ1v) is 5.97. The third kappa shape index (κ3) is 5.56. The summed E-state index contributed by atoms with van der Waals surface area (Å²) in [6.45, 7) is 11.3. The quantitative estimate of drug-likeness (QED) is 0.488. The minimum absolute atomic E-state index is 0. The molecule has 0 fully saturated rings. The van der Waals surface area contributed by atoms with E-state index in [0.717, 1.165) is 5.56 Å². The van der Waals surface area contributed by atoms with Crippen molar-refractivity contribution in [1.29, 1.82) is 0 Å². The molecule has 110 valence electrons. The van der Waals surface area contributed by atoms with Gasteiger partial charge in [0.05, 0.1) is 0 Å².